The highest BCUT2D eigenvalue weighted by atomic mass is 32.1. The molecule has 1 aromatic heterocycles. The summed E-state index contributed by atoms with van der Waals surface area (Å²) >= 11 is 1.18. The van der Waals surface area contributed by atoms with E-state index < -0.39 is 5.97 Å². The molecule has 1 aromatic rings. The molecule has 0 spiro atoms. The van der Waals surface area contributed by atoms with Crippen LogP contribution in [0.25, 0.3) is 0 Å². The van der Waals surface area contributed by atoms with Gasteiger partial charge in [0.05, 0.1) is 0 Å². The molecule has 1 rings (SSSR count). The van der Waals surface area contributed by atoms with Crippen molar-refractivity contribution in [2.75, 3.05) is 0 Å². The van der Waals surface area contributed by atoms with Gasteiger partial charge in [0, 0.05) is 4.88 Å². The van der Waals surface area contributed by atoms with Gasteiger partial charge in [0.2, 0.25) is 5.13 Å². The van der Waals surface area contributed by atoms with E-state index in [1.165, 1.54) is 11.3 Å². The minimum absolute atomic E-state index is 0.0116. The van der Waals surface area contributed by atoms with Crippen LogP contribution >= 0.6 is 11.3 Å². The van der Waals surface area contributed by atoms with Gasteiger partial charge in [-0.2, -0.15) is 4.99 Å². The van der Waals surface area contributed by atoms with E-state index in [-0.39, 0.29) is 22.2 Å². The van der Waals surface area contributed by atoms with E-state index in [4.69, 9.17) is 16.6 Å². The number of carbonyl (C=O) groups is 1. The van der Waals surface area contributed by atoms with Crippen LogP contribution in [0.4, 0.5) is 5.13 Å². The maximum atomic E-state index is 11.0. The van der Waals surface area contributed by atoms with Gasteiger partial charge in [-0.15, -0.1) is 0 Å². The number of aliphatic imine (C=N–C) groups is 1. The number of guanidine groups is 1. The van der Waals surface area contributed by atoms with Crippen LogP contribution in [0.1, 0.15) is 36.1 Å². The number of nitrogens with zero attached hydrogens (tertiary/aromatic N) is 2. The fraction of sp³-hybridized carbons (Fsp3) is 0.444. The number of thiazole rings is 1. The number of aromatic nitrogens is 1. The van der Waals surface area contributed by atoms with Crippen molar-refractivity contribution in [1.29, 1.82) is 0 Å². The first-order valence-electron chi connectivity index (χ1n) is 4.56. The van der Waals surface area contributed by atoms with Crippen LogP contribution in [0.2, 0.25) is 0 Å². The van der Waals surface area contributed by atoms with E-state index in [1.54, 1.807) is 0 Å². The lowest BCUT2D eigenvalue weighted by Crippen LogP contribution is -2.21. The van der Waals surface area contributed by atoms with Gasteiger partial charge in [-0.05, 0) is 5.41 Å². The van der Waals surface area contributed by atoms with E-state index in [0.29, 0.717) is 4.88 Å². The van der Waals surface area contributed by atoms with Gasteiger partial charge in [-0.3, -0.25) is 0 Å². The first-order valence-corrected chi connectivity index (χ1v) is 5.37. The highest BCUT2D eigenvalue weighted by Gasteiger charge is 2.26. The minimum Gasteiger partial charge on any atom is -0.476 e. The van der Waals surface area contributed by atoms with Crippen LogP contribution in [0, 0.1) is 0 Å². The molecule has 0 saturated heterocycles. The summed E-state index contributed by atoms with van der Waals surface area (Å²) in [6, 6.07) is 0. The molecule has 0 aromatic carbocycles. The molecule has 88 valence electrons. The third kappa shape index (κ3) is 2.69. The summed E-state index contributed by atoms with van der Waals surface area (Å²) in [4.78, 5) is 19.3. The van der Waals surface area contributed by atoms with Crippen molar-refractivity contribution in [3.05, 3.63) is 10.6 Å². The fourth-order valence-electron chi connectivity index (χ4n) is 1.12. The quantitative estimate of drug-likeness (QED) is 0.529. The van der Waals surface area contributed by atoms with Gasteiger partial charge >= 0.3 is 5.97 Å². The maximum absolute atomic E-state index is 11.0. The molecule has 0 fully saturated rings. The molecule has 0 saturated carbocycles. The van der Waals surface area contributed by atoms with E-state index >= 15 is 0 Å². The first-order chi connectivity index (χ1) is 7.21. The summed E-state index contributed by atoms with van der Waals surface area (Å²) in [6.45, 7) is 5.73. The van der Waals surface area contributed by atoms with Gasteiger partial charge in [0.1, 0.15) is 0 Å². The fourth-order valence-corrected chi connectivity index (χ4v) is 2.13. The number of rotatable bonds is 2. The lowest BCUT2D eigenvalue weighted by Gasteiger charge is -2.15. The normalized spacial score (nSPS) is 11.2. The highest BCUT2D eigenvalue weighted by molar-refractivity contribution is 7.15. The zero-order chi connectivity index (χ0) is 12.5. The molecule has 0 bridgehead atoms. The highest BCUT2D eigenvalue weighted by Crippen LogP contribution is 2.35. The first kappa shape index (κ1) is 12.4. The largest absolute Gasteiger partial charge is 0.476 e. The van der Waals surface area contributed by atoms with Gasteiger partial charge in [0.25, 0.3) is 0 Å². The Labute approximate surface area is 97.0 Å². The summed E-state index contributed by atoms with van der Waals surface area (Å²) in [5.74, 6) is -1.20. The molecule has 5 N–H and O–H groups in total. The number of hydrogen-bond acceptors (Lipinski definition) is 4. The van der Waals surface area contributed by atoms with Crippen LogP contribution in [-0.2, 0) is 5.41 Å². The van der Waals surface area contributed by atoms with E-state index in [9.17, 15) is 4.79 Å². The van der Waals surface area contributed by atoms with Crippen LogP contribution < -0.4 is 11.5 Å². The Morgan fingerprint density at radius 3 is 2.31 bits per heavy atom. The molecule has 7 heteroatoms. The topological polar surface area (TPSA) is 115 Å². The Bertz CT molecular complexity index is 441. The number of nitrogens with two attached hydrogens (primary N) is 2. The molecule has 0 amide bonds. The molecule has 0 radical (unpaired) electrons. The Kier molecular flexibility index (Phi) is 3.18. The number of aromatic carboxylic acids is 1. The minimum atomic E-state index is -1.07. The molecular weight excluding hydrogens is 228 g/mol. The van der Waals surface area contributed by atoms with Gasteiger partial charge in [-0.25, -0.2) is 9.78 Å². The Hall–Kier alpha value is -1.63. The predicted octanol–water partition coefficient (Wildman–Crippen LogP) is 1.04. The van der Waals surface area contributed by atoms with Crippen molar-refractivity contribution in [2.24, 2.45) is 16.5 Å². The third-order valence-corrected chi connectivity index (χ3v) is 3.10. The maximum Gasteiger partial charge on any atom is 0.355 e. The van der Waals surface area contributed by atoms with Crippen LogP contribution in [0.5, 0.6) is 0 Å². The Morgan fingerprint density at radius 1 is 1.44 bits per heavy atom. The summed E-state index contributed by atoms with van der Waals surface area (Å²) in [7, 11) is 0. The monoisotopic (exact) mass is 242 g/mol. The zero-order valence-electron chi connectivity index (χ0n) is 9.31. The van der Waals surface area contributed by atoms with Crippen LogP contribution in [0.3, 0.4) is 0 Å². The lowest BCUT2D eigenvalue weighted by molar-refractivity contribution is 0.0689. The van der Waals surface area contributed by atoms with Gasteiger partial charge in [0.15, 0.2) is 11.7 Å². The molecule has 0 atom stereocenters. The molecule has 0 unspecified atom stereocenters. The van der Waals surface area contributed by atoms with Crippen LogP contribution in [-0.4, -0.2) is 22.0 Å². The van der Waals surface area contributed by atoms with Crippen LogP contribution in [0.15, 0.2) is 4.99 Å². The molecule has 0 aliphatic carbocycles. The number of carboxylic acid groups (broad SMARTS) is 1. The Balaban J connectivity index is 3.32. The van der Waals surface area contributed by atoms with E-state index in [0.717, 1.165) is 0 Å². The average molecular weight is 242 g/mol. The van der Waals surface area contributed by atoms with Gasteiger partial charge < -0.3 is 16.6 Å². The summed E-state index contributed by atoms with van der Waals surface area (Å²) in [5.41, 5.74) is 10.1. The second kappa shape index (κ2) is 4.09. The number of hydrogen-bond donors (Lipinski definition) is 3. The summed E-state index contributed by atoms with van der Waals surface area (Å²) in [5, 5.41) is 9.28. The van der Waals surface area contributed by atoms with Crippen molar-refractivity contribution in [2.45, 2.75) is 26.2 Å². The molecule has 6 nitrogen and oxygen atoms in total. The molecule has 1 heterocycles. The van der Waals surface area contributed by atoms with Crippen molar-refractivity contribution in [3.63, 3.8) is 0 Å². The number of carboxylic acids is 1. The predicted molar refractivity (Wildman–Crippen MR) is 63.2 cm³/mol. The van der Waals surface area contributed by atoms with Crippen molar-refractivity contribution in [1.82, 2.24) is 4.98 Å². The molecular formula is C9H14N4O2S. The van der Waals surface area contributed by atoms with Crippen molar-refractivity contribution >= 4 is 28.4 Å². The molecule has 16 heavy (non-hydrogen) atoms. The van der Waals surface area contributed by atoms with Crippen molar-refractivity contribution in [3.8, 4) is 0 Å². The second-order valence-electron chi connectivity index (χ2n) is 4.27. The standard InChI is InChI=1S/C9H14N4O2S/c1-9(2,3)5-4(6(14)15)12-8(16-5)13-7(10)11/h1-3H3,(H,14,15)(H4,10,11,12,13). The SMILES string of the molecule is CC(C)(C)c1sc(N=C(N)N)nc1C(=O)O. The summed E-state index contributed by atoms with van der Waals surface area (Å²) in [6.07, 6.45) is 0. The van der Waals surface area contributed by atoms with E-state index in [1.807, 2.05) is 20.8 Å². The second-order valence-corrected chi connectivity index (χ2v) is 5.24. The smallest absolute Gasteiger partial charge is 0.355 e. The zero-order valence-corrected chi connectivity index (χ0v) is 10.1. The summed E-state index contributed by atoms with van der Waals surface area (Å²) < 4.78 is 0. The van der Waals surface area contributed by atoms with Gasteiger partial charge in [-0.1, -0.05) is 32.1 Å². The lowest BCUT2D eigenvalue weighted by atomic mass is 9.93. The molecule has 0 aliphatic heterocycles. The Morgan fingerprint density at radius 2 is 2.00 bits per heavy atom. The third-order valence-electron chi connectivity index (χ3n) is 1.72. The molecule has 0 aliphatic rings. The van der Waals surface area contributed by atoms with E-state index in [2.05, 4.69) is 9.98 Å². The van der Waals surface area contributed by atoms with Crippen molar-refractivity contribution < 1.29 is 9.90 Å². The average Bonchev–Trinajstić information content (AvgIpc) is 2.45.